The lowest BCUT2D eigenvalue weighted by molar-refractivity contribution is -0.302. The quantitative estimate of drug-likeness (QED) is 0.0149. The molecule has 0 aromatic heterocycles. The van der Waals surface area contributed by atoms with Crippen molar-refractivity contribution in [3.63, 3.8) is 0 Å². The standard InChI is InChI=1S/C61H109NO10/c1-3-5-7-9-11-13-15-16-24-28-31-35-39-43-47-54(64)53(52-71-61-60(69)59(68)58(67)55(51-63)72-61)62-56(65)48-44-40-36-32-29-25-22-20-18-17-19-21-23-26-30-34-38-42-46-50-70-57(66)49-45-41-37-33-27-14-12-10-8-6-4-2/h10,12,21,23,26,28,30-31,43,47,53-55,58-61,63-64,67-69H,3-9,11,13-20,22,24-25,27,29,32-42,44-46,48-52H2,1-2H3,(H,62,65)/b12-10-,23-21-,30-26-,31-28+,47-43+. The minimum Gasteiger partial charge on any atom is -0.466 e. The number of aliphatic hydroxyl groups excluding tert-OH is 5. The fourth-order valence-electron chi connectivity index (χ4n) is 8.83. The van der Waals surface area contributed by atoms with Crippen LogP contribution in [-0.4, -0.2) is 100 Å². The first-order chi connectivity index (χ1) is 35.2. The third-order valence-electron chi connectivity index (χ3n) is 13.6. The Morgan fingerprint density at radius 2 is 0.958 bits per heavy atom. The van der Waals surface area contributed by atoms with Gasteiger partial charge in [-0.15, -0.1) is 0 Å². The maximum absolute atomic E-state index is 13.0. The van der Waals surface area contributed by atoms with E-state index in [-0.39, 0.29) is 18.5 Å². The number of hydrogen-bond donors (Lipinski definition) is 6. The first-order valence-corrected chi connectivity index (χ1v) is 29.6. The van der Waals surface area contributed by atoms with Gasteiger partial charge in [-0.3, -0.25) is 9.59 Å². The summed E-state index contributed by atoms with van der Waals surface area (Å²) in [5.41, 5.74) is 0. The predicted molar refractivity (Wildman–Crippen MR) is 296 cm³/mol. The molecule has 0 saturated carbocycles. The van der Waals surface area contributed by atoms with Gasteiger partial charge in [-0.05, 0) is 96.3 Å². The molecule has 0 bridgehead atoms. The summed E-state index contributed by atoms with van der Waals surface area (Å²) in [5.74, 6) is -0.244. The molecular weight excluding hydrogens is 907 g/mol. The molecule has 6 N–H and O–H groups in total. The highest BCUT2D eigenvalue weighted by molar-refractivity contribution is 5.76. The average molecular weight is 1020 g/mol. The van der Waals surface area contributed by atoms with E-state index in [1.807, 2.05) is 6.08 Å². The first-order valence-electron chi connectivity index (χ1n) is 29.6. The van der Waals surface area contributed by atoms with Crippen LogP contribution in [0.3, 0.4) is 0 Å². The Balaban J connectivity index is 2.16. The molecule has 72 heavy (non-hydrogen) atoms. The van der Waals surface area contributed by atoms with Gasteiger partial charge in [-0.1, -0.05) is 203 Å². The van der Waals surface area contributed by atoms with Crippen LogP contribution in [0.2, 0.25) is 0 Å². The van der Waals surface area contributed by atoms with Crippen LogP contribution in [-0.2, 0) is 23.8 Å². The molecule has 1 aliphatic rings. The van der Waals surface area contributed by atoms with E-state index in [1.54, 1.807) is 6.08 Å². The predicted octanol–water partition coefficient (Wildman–Crippen LogP) is 13.4. The molecule has 0 aliphatic carbocycles. The van der Waals surface area contributed by atoms with Gasteiger partial charge in [0.15, 0.2) is 6.29 Å². The molecule has 7 unspecified atom stereocenters. The minimum atomic E-state index is -1.58. The molecule has 0 radical (unpaired) electrons. The molecule has 1 aliphatic heterocycles. The monoisotopic (exact) mass is 1020 g/mol. The van der Waals surface area contributed by atoms with Gasteiger partial charge in [0.05, 0.1) is 32.0 Å². The largest absolute Gasteiger partial charge is 0.466 e. The van der Waals surface area contributed by atoms with Crippen molar-refractivity contribution in [3.8, 4) is 0 Å². The number of esters is 1. The number of allylic oxidation sites excluding steroid dienone is 9. The molecule has 0 aromatic rings. The normalized spacial score (nSPS) is 19.5. The highest BCUT2D eigenvalue weighted by Crippen LogP contribution is 2.23. The lowest BCUT2D eigenvalue weighted by Gasteiger charge is -2.40. The maximum Gasteiger partial charge on any atom is 0.305 e. The molecular formula is C61H109NO10. The van der Waals surface area contributed by atoms with Crippen LogP contribution in [0.25, 0.3) is 0 Å². The van der Waals surface area contributed by atoms with Gasteiger partial charge in [0.25, 0.3) is 0 Å². The van der Waals surface area contributed by atoms with Crippen molar-refractivity contribution in [2.75, 3.05) is 19.8 Å². The lowest BCUT2D eigenvalue weighted by Crippen LogP contribution is -2.60. The summed E-state index contributed by atoms with van der Waals surface area (Å²) in [6.45, 7) is 4.23. The molecule has 11 nitrogen and oxygen atoms in total. The van der Waals surface area contributed by atoms with Crippen molar-refractivity contribution < 1.29 is 49.3 Å². The molecule has 1 heterocycles. The second-order valence-corrected chi connectivity index (χ2v) is 20.4. The zero-order valence-electron chi connectivity index (χ0n) is 45.9. The van der Waals surface area contributed by atoms with Crippen LogP contribution < -0.4 is 5.32 Å². The third kappa shape index (κ3) is 39.8. The van der Waals surface area contributed by atoms with E-state index in [9.17, 15) is 35.1 Å². The van der Waals surface area contributed by atoms with Crippen molar-refractivity contribution in [2.24, 2.45) is 0 Å². The molecule has 1 fully saturated rings. The summed E-state index contributed by atoms with van der Waals surface area (Å²) in [6.07, 6.45) is 54.5. The van der Waals surface area contributed by atoms with E-state index in [2.05, 4.69) is 67.8 Å². The van der Waals surface area contributed by atoms with Crippen LogP contribution >= 0.6 is 0 Å². The Morgan fingerprint density at radius 1 is 0.514 bits per heavy atom. The molecule has 0 aromatic carbocycles. The van der Waals surface area contributed by atoms with Crippen molar-refractivity contribution >= 4 is 11.9 Å². The van der Waals surface area contributed by atoms with Gasteiger partial charge in [0.1, 0.15) is 24.4 Å². The zero-order valence-corrected chi connectivity index (χ0v) is 45.9. The summed E-state index contributed by atoms with van der Waals surface area (Å²) in [6, 6.07) is -0.836. The fraction of sp³-hybridized carbons (Fsp3) is 0.803. The number of amides is 1. The third-order valence-corrected chi connectivity index (χ3v) is 13.6. The van der Waals surface area contributed by atoms with Gasteiger partial charge < -0.3 is 45.1 Å². The van der Waals surface area contributed by atoms with Crippen molar-refractivity contribution in [1.29, 1.82) is 0 Å². The molecule has 11 heteroatoms. The maximum atomic E-state index is 13.0. The van der Waals surface area contributed by atoms with Gasteiger partial charge in [0, 0.05) is 12.8 Å². The molecule has 0 spiro atoms. The minimum absolute atomic E-state index is 0.0407. The van der Waals surface area contributed by atoms with Crippen molar-refractivity contribution in [2.45, 2.75) is 294 Å². The van der Waals surface area contributed by atoms with Gasteiger partial charge in [0.2, 0.25) is 5.91 Å². The number of rotatable bonds is 50. The molecule has 7 atom stereocenters. The number of unbranched alkanes of at least 4 members (excludes halogenated alkanes) is 29. The second kappa shape index (κ2) is 50.5. The highest BCUT2D eigenvalue weighted by Gasteiger charge is 2.44. The van der Waals surface area contributed by atoms with Gasteiger partial charge >= 0.3 is 5.97 Å². The SMILES string of the molecule is CCCC/C=C\CCCCCCCC(=O)OCCCCC/C=C\C=C/CCCCCCCCCCCCC(=O)NC(COC1OC(CO)C(O)C(O)C1O)C(O)/C=C/CC/C=C/CCCCCCCCCC. The Bertz CT molecular complexity index is 1380. The van der Waals surface area contributed by atoms with E-state index >= 15 is 0 Å². The Kier molecular flexibility index (Phi) is 47.3. The molecule has 1 saturated heterocycles. The number of carbonyl (C=O) groups is 2. The van der Waals surface area contributed by atoms with Crippen LogP contribution in [0.1, 0.15) is 251 Å². The highest BCUT2D eigenvalue weighted by atomic mass is 16.7. The summed E-state index contributed by atoms with van der Waals surface area (Å²) < 4.78 is 16.7. The van der Waals surface area contributed by atoms with Crippen molar-refractivity contribution in [1.82, 2.24) is 5.32 Å². The summed E-state index contributed by atoms with van der Waals surface area (Å²) in [7, 11) is 0. The topological polar surface area (TPSA) is 175 Å². The van der Waals surface area contributed by atoms with Crippen molar-refractivity contribution in [3.05, 3.63) is 60.8 Å². The van der Waals surface area contributed by atoms with Gasteiger partial charge in [-0.2, -0.15) is 0 Å². The van der Waals surface area contributed by atoms with E-state index in [4.69, 9.17) is 14.2 Å². The number of carbonyl (C=O) groups excluding carboxylic acids is 2. The van der Waals surface area contributed by atoms with Gasteiger partial charge in [-0.25, -0.2) is 0 Å². The summed E-state index contributed by atoms with van der Waals surface area (Å²) >= 11 is 0. The second-order valence-electron chi connectivity index (χ2n) is 20.4. The molecule has 1 amide bonds. The number of hydrogen-bond acceptors (Lipinski definition) is 10. The van der Waals surface area contributed by atoms with E-state index in [0.717, 1.165) is 89.9 Å². The van der Waals surface area contributed by atoms with E-state index < -0.39 is 49.5 Å². The van der Waals surface area contributed by atoms with E-state index in [0.29, 0.717) is 19.4 Å². The van der Waals surface area contributed by atoms with Crippen LogP contribution in [0, 0.1) is 0 Å². The first kappa shape index (κ1) is 67.4. The molecule has 418 valence electrons. The lowest BCUT2D eigenvalue weighted by atomic mass is 9.99. The number of ether oxygens (including phenoxy) is 3. The number of nitrogens with one attached hydrogen (secondary N) is 1. The molecule has 1 rings (SSSR count). The fourth-order valence-corrected chi connectivity index (χ4v) is 8.83. The van der Waals surface area contributed by atoms with E-state index in [1.165, 1.54) is 135 Å². The Hall–Kier alpha value is -2.64. The van der Waals surface area contributed by atoms with Crippen LogP contribution in [0.15, 0.2) is 60.8 Å². The average Bonchev–Trinajstić information content (AvgIpc) is 3.38. The summed E-state index contributed by atoms with van der Waals surface area (Å²) in [4.78, 5) is 25.0. The van der Waals surface area contributed by atoms with Crippen LogP contribution in [0.4, 0.5) is 0 Å². The zero-order chi connectivity index (χ0) is 52.4. The Labute approximate surface area is 439 Å². The smallest absolute Gasteiger partial charge is 0.305 e. The van der Waals surface area contributed by atoms with Crippen LogP contribution in [0.5, 0.6) is 0 Å². The summed E-state index contributed by atoms with van der Waals surface area (Å²) in [5, 5.41) is 54.4. The number of aliphatic hydroxyl groups is 5. The Morgan fingerprint density at radius 3 is 1.50 bits per heavy atom.